The number of piperidine rings is 1. The van der Waals surface area contributed by atoms with Crippen LogP contribution in [0.1, 0.15) is 26.2 Å². The highest BCUT2D eigenvalue weighted by Crippen LogP contribution is 2.27. The molecule has 0 spiro atoms. The Labute approximate surface area is 151 Å². The molecule has 1 fully saturated rings. The van der Waals surface area contributed by atoms with E-state index in [0.717, 1.165) is 16.5 Å². The Hall–Kier alpha value is -0.750. The van der Waals surface area contributed by atoms with Gasteiger partial charge in [0.15, 0.2) is 4.34 Å². The number of hydrogen-bond donors (Lipinski definition) is 1. The SMILES string of the molecule is CCCSc1nnc(NC(=O)C2CCN(S(=O)(=O)N(C)C)CC2)s1. The second-order valence-corrected chi connectivity index (χ2v) is 10.1. The van der Waals surface area contributed by atoms with Crippen molar-refractivity contribution in [2.75, 3.05) is 38.3 Å². The summed E-state index contributed by atoms with van der Waals surface area (Å²) in [5.74, 6) is 0.663. The molecule has 1 amide bonds. The number of nitrogens with zero attached hydrogens (tertiary/aromatic N) is 4. The van der Waals surface area contributed by atoms with Gasteiger partial charge in [0.05, 0.1) is 0 Å². The van der Waals surface area contributed by atoms with Crippen LogP contribution in [-0.4, -0.2) is 66.1 Å². The normalized spacial score (nSPS) is 17.3. The van der Waals surface area contributed by atoms with E-state index < -0.39 is 10.2 Å². The van der Waals surface area contributed by atoms with Crippen LogP contribution < -0.4 is 5.32 Å². The molecule has 1 N–H and O–H groups in total. The summed E-state index contributed by atoms with van der Waals surface area (Å²) in [7, 11) is -0.378. The van der Waals surface area contributed by atoms with Gasteiger partial charge < -0.3 is 5.32 Å². The van der Waals surface area contributed by atoms with E-state index in [1.165, 1.54) is 34.0 Å². The maximum absolute atomic E-state index is 12.3. The predicted octanol–water partition coefficient (Wildman–Crippen LogP) is 1.50. The summed E-state index contributed by atoms with van der Waals surface area (Å²) in [6.45, 7) is 2.80. The molecule has 24 heavy (non-hydrogen) atoms. The fraction of sp³-hybridized carbons (Fsp3) is 0.769. The summed E-state index contributed by atoms with van der Waals surface area (Å²) in [6.07, 6.45) is 2.07. The highest BCUT2D eigenvalue weighted by atomic mass is 32.2. The number of aromatic nitrogens is 2. The molecule has 1 aliphatic heterocycles. The fourth-order valence-corrected chi connectivity index (χ4v) is 5.11. The van der Waals surface area contributed by atoms with Gasteiger partial charge in [-0.3, -0.25) is 4.79 Å². The third-order valence-electron chi connectivity index (χ3n) is 3.68. The molecule has 1 saturated heterocycles. The van der Waals surface area contributed by atoms with Gasteiger partial charge >= 0.3 is 0 Å². The van der Waals surface area contributed by atoms with Crippen molar-refractivity contribution in [1.82, 2.24) is 18.8 Å². The highest BCUT2D eigenvalue weighted by Gasteiger charge is 2.32. The Balaban J connectivity index is 1.86. The minimum atomic E-state index is -3.40. The molecule has 0 atom stereocenters. The Morgan fingerprint density at radius 1 is 1.38 bits per heavy atom. The van der Waals surface area contributed by atoms with Crippen molar-refractivity contribution >= 4 is 44.3 Å². The highest BCUT2D eigenvalue weighted by molar-refractivity contribution is 8.01. The van der Waals surface area contributed by atoms with Gasteiger partial charge in [-0.15, -0.1) is 10.2 Å². The Kier molecular flexibility index (Phi) is 6.99. The van der Waals surface area contributed by atoms with Crippen LogP contribution in [0.2, 0.25) is 0 Å². The minimum Gasteiger partial charge on any atom is -0.300 e. The van der Waals surface area contributed by atoms with Crippen molar-refractivity contribution in [1.29, 1.82) is 0 Å². The molecule has 0 saturated carbocycles. The lowest BCUT2D eigenvalue weighted by atomic mass is 9.97. The number of rotatable bonds is 7. The van der Waals surface area contributed by atoms with Crippen LogP contribution in [0.15, 0.2) is 4.34 Å². The van der Waals surface area contributed by atoms with Crippen molar-refractivity contribution in [3.63, 3.8) is 0 Å². The van der Waals surface area contributed by atoms with E-state index in [-0.39, 0.29) is 11.8 Å². The van der Waals surface area contributed by atoms with Crippen molar-refractivity contribution in [2.45, 2.75) is 30.5 Å². The zero-order valence-corrected chi connectivity index (χ0v) is 16.5. The Morgan fingerprint density at radius 3 is 2.62 bits per heavy atom. The summed E-state index contributed by atoms with van der Waals surface area (Å²) < 4.78 is 27.6. The minimum absolute atomic E-state index is 0.111. The first-order valence-corrected chi connectivity index (χ1v) is 11.0. The first-order chi connectivity index (χ1) is 11.3. The first kappa shape index (κ1) is 19.6. The molecule has 2 heterocycles. The van der Waals surface area contributed by atoms with Crippen LogP contribution in [0.25, 0.3) is 0 Å². The molecule has 11 heteroatoms. The van der Waals surface area contributed by atoms with Crippen LogP contribution in [0.5, 0.6) is 0 Å². The number of carbonyl (C=O) groups is 1. The lowest BCUT2D eigenvalue weighted by Gasteiger charge is -2.31. The van der Waals surface area contributed by atoms with E-state index in [1.807, 2.05) is 0 Å². The van der Waals surface area contributed by atoms with Gasteiger partial charge in [-0.25, -0.2) is 0 Å². The molecule has 8 nitrogen and oxygen atoms in total. The molecule has 2 rings (SSSR count). The maximum atomic E-state index is 12.3. The number of thioether (sulfide) groups is 1. The van der Waals surface area contributed by atoms with Crippen LogP contribution in [-0.2, 0) is 15.0 Å². The van der Waals surface area contributed by atoms with Crippen molar-refractivity contribution in [3.05, 3.63) is 0 Å². The molecule has 1 aliphatic rings. The Bertz CT molecular complexity index is 654. The molecular formula is C13H23N5O3S3. The number of hydrogen-bond acceptors (Lipinski definition) is 7. The van der Waals surface area contributed by atoms with Gasteiger partial charge in [0, 0.05) is 38.9 Å². The molecule has 1 aromatic heterocycles. The van der Waals surface area contributed by atoms with Crippen molar-refractivity contribution < 1.29 is 13.2 Å². The average Bonchev–Trinajstić information content (AvgIpc) is 3.00. The van der Waals surface area contributed by atoms with Crippen molar-refractivity contribution in [3.8, 4) is 0 Å². The Morgan fingerprint density at radius 2 is 2.04 bits per heavy atom. The lowest BCUT2D eigenvalue weighted by Crippen LogP contribution is -2.46. The second kappa shape index (κ2) is 8.56. The van der Waals surface area contributed by atoms with Crippen LogP contribution >= 0.6 is 23.1 Å². The van der Waals surface area contributed by atoms with Gasteiger partial charge in [-0.2, -0.15) is 17.0 Å². The molecule has 0 aromatic carbocycles. The van der Waals surface area contributed by atoms with Crippen LogP contribution in [0.4, 0.5) is 5.13 Å². The molecule has 0 bridgehead atoms. The smallest absolute Gasteiger partial charge is 0.281 e. The van der Waals surface area contributed by atoms with E-state index in [4.69, 9.17) is 0 Å². The average molecular weight is 394 g/mol. The topological polar surface area (TPSA) is 95.5 Å². The van der Waals surface area contributed by atoms with Gasteiger partial charge in [-0.1, -0.05) is 30.0 Å². The van der Waals surface area contributed by atoms with E-state index >= 15 is 0 Å². The molecule has 136 valence electrons. The molecule has 1 aromatic rings. The van der Waals surface area contributed by atoms with E-state index in [2.05, 4.69) is 22.4 Å². The zero-order chi connectivity index (χ0) is 17.7. The summed E-state index contributed by atoms with van der Waals surface area (Å²) in [6, 6.07) is 0. The summed E-state index contributed by atoms with van der Waals surface area (Å²) in [4.78, 5) is 12.3. The van der Waals surface area contributed by atoms with Crippen molar-refractivity contribution in [2.24, 2.45) is 5.92 Å². The number of carbonyl (C=O) groups excluding carboxylic acids is 1. The predicted molar refractivity (Wildman–Crippen MR) is 96.5 cm³/mol. The number of nitrogens with one attached hydrogen (secondary N) is 1. The third kappa shape index (κ3) is 4.88. The summed E-state index contributed by atoms with van der Waals surface area (Å²) >= 11 is 2.99. The van der Waals surface area contributed by atoms with E-state index in [9.17, 15) is 13.2 Å². The summed E-state index contributed by atoms with van der Waals surface area (Å²) in [5, 5.41) is 11.3. The van der Waals surface area contributed by atoms with Crippen LogP contribution in [0, 0.1) is 5.92 Å². The van der Waals surface area contributed by atoms with Gasteiger partial charge in [0.2, 0.25) is 11.0 Å². The fourth-order valence-electron chi connectivity index (χ4n) is 2.30. The standard InChI is InChI=1S/C13H23N5O3S3/c1-4-9-22-13-16-15-12(23-13)14-11(19)10-5-7-18(8-6-10)24(20,21)17(2)3/h10H,4-9H2,1-3H3,(H,14,15,19). The number of anilines is 1. The molecule has 0 radical (unpaired) electrons. The quantitative estimate of drug-likeness (QED) is 0.557. The largest absolute Gasteiger partial charge is 0.300 e. The number of amides is 1. The molecule has 0 aliphatic carbocycles. The maximum Gasteiger partial charge on any atom is 0.281 e. The molecule has 0 unspecified atom stereocenters. The summed E-state index contributed by atoms with van der Waals surface area (Å²) in [5.41, 5.74) is 0. The van der Waals surface area contributed by atoms with Crippen LogP contribution in [0.3, 0.4) is 0 Å². The second-order valence-electron chi connectivity index (χ2n) is 5.67. The molecular weight excluding hydrogens is 370 g/mol. The van der Waals surface area contributed by atoms with E-state index in [0.29, 0.717) is 31.1 Å². The monoisotopic (exact) mass is 393 g/mol. The lowest BCUT2D eigenvalue weighted by molar-refractivity contribution is -0.120. The zero-order valence-electron chi connectivity index (χ0n) is 14.1. The van der Waals surface area contributed by atoms with Gasteiger partial charge in [0.1, 0.15) is 0 Å². The van der Waals surface area contributed by atoms with Gasteiger partial charge in [-0.05, 0) is 19.3 Å². The third-order valence-corrected chi connectivity index (χ3v) is 7.80. The van der Waals surface area contributed by atoms with E-state index in [1.54, 1.807) is 11.8 Å². The van der Waals surface area contributed by atoms with Gasteiger partial charge in [0.25, 0.3) is 10.2 Å². The first-order valence-electron chi connectivity index (χ1n) is 7.79.